The molecular weight excluding hydrogens is 420 g/mol. The number of fused-ring (bicyclic) bond motifs is 1. The second kappa shape index (κ2) is 9.33. The van der Waals surface area contributed by atoms with Crippen molar-refractivity contribution in [2.45, 2.75) is 37.3 Å². The molecule has 2 aromatic heterocycles. The molecule has 33 heavy (non-hydrogen) atoms. The number of amides is 2. The molecule has 8 heteroatoms. The van der Waals surface area contributed by atoms with Gasteiger partial charge in [0.15, 0.2) is 0 Å². The Labute approximate surface area is 192 Å². The fourth-order valence-electron chi connectivity index (χ4n) is 4.72. The second-order valence-corrected chi connectivity index (χ2v) is 8.79. The zero-order valence-electron chi connectivity index (χ0n) is 18.4. The molecule has 3 aromatic rings. The lowest BCUT2D eigenvalue weighted by molar-refractivity contribution is -0.0139. The van der Waals surface area contributed by atoms with Gasteiger partial charge in [-0.25, -0.2) is 4.52 Å². The number of aliphatic hydroxyl groups excluding tert-OH is 1. The minimum absolute atomic E-state index is 0.0770. The first kappa shape index (κ1) is 21.6. The Bertz CT molecular complexity index is 1140. The van der Waals surface area contributed by atoms with Crippen molar-refractivity contribution in [2.24, 2.45) is 0 Å². The third-order valence-electron chi connectivity index (χ3n) is 6.70. The summed E-state index contributed by atoms with van der Waals surface area (Å²) in [4.78, 5) is 27.5. The summed E-state index contributed by atoms with van der Waals surface area (Å²) >= 11 is 0. The highest BCUT2D eigenvalue weighted by atomic mass is 16.5. The molecule has 2 aliphatic rings. The molecule has 2 amide bonds. The summed E-state index contributed by atoms with van der Waals surface area (Å²) in [7, 11) is 0. The van der Waals surface area contributed by atoms with Gasteiger partial charge in [0.25, 0.3) is 11.8 Å². The number of hydrogen-bond donors (Lipinski definition) is 2. The number of piperidine rings is 1. The highest BCUT2D eigenvalue weighted by Crippen LogP contribution is 2.30. The van der Waals surface area contributed by atoms with Crippen LogP contribution in [0.25, 0.3) is 5.52 Å². The van der Waals surface area contributed by atoms with Gasteiger partial charge in [-0.05, 0) is 55.0 Å². The van der Waals surface area contributed by atoms with E-state index < -0.39 is 12.1 Å². The lowest BCUT2D eigenvalue weighted by Crippen LogP contribution is -2.49. The molecule has 0 spiro atoms. The summed E-state index contributed by atoms with van der Waals surface area (Å²) in [6, 6.07) is 13.0. The van der Waals surface area contributed by atoms with Crippen LogP contribution in [0.2, 0.25) is 0 Å². The Balaban J connectivity index is 1.28. The average Bonchev–Trinajstić information content (AvgIpc) is 3.29. The van der Waals surface area contributed by atoms with Crippen molar-refractivity contribution < 1.29 is 19.4 Å². The number of aromatic nitrogens is 2. The molecule has 0 saturated carbocycles. The predicted octanol–water partition coefficient (Wildman–Crippen LogP) is 2.23. The molecule has 1 aromatic carbocycles. The standard InChI is InChI=1S/C25H28N4O4/c30-23-9-13-33-16-21(23)27-24(31)20-15-26-29-12-8-19(14-22(20)29)17-6-10-28(11-7-17)25(32)18-4-2-1-3-5-18/h1-5,8,12,14-15,17,21,23,30H,6-7,9-11,13,16H2,(H,27,31)/t21-,23-/m1/s1. The van der Waals surface area contributed by atoms with Gasteiger partial charge in [-0.2, -0.15) is 5.10 Å². The topological polar surface area (TPSA) is 96.2 Å². The number of benzene rings is 1. The van der Waals surface area contributed by atoms with Crippen LogP contribution in [-0.4, -0.2) is 69.9 Å². The molecule has 2 aliphatic heterocycles. The summed E-state index contributed by atoms with van der Waals surface area (Å²) in [6.45, 7) is 2.21. The summed E-state index contributed by atoms with van der Waals surface area (Å²) < 4.78 is 7.08. The van der Waals surface area contributed by atoms with Gasteiger partial charge in [0.2, 0.25) is 0 Å². The van der Waals surface area contributed by atoms with Gasteiger partial charge in [0.1, 0.15) is 0 Å². The molecule has 4 heterocycles. The fourth-order valence-corrected chi connectivity index (χ4v) is 4.72. The summed E-state index contributed by atoms with van der Waals surface area (Å²) in [5, 5.41) is 17.3. The van der Waals surface area contributed by atoms with Crippen LogP contribution in [0.3, 0.4) is 0 Å². The lowest BCUT2D eigenvalue weighted by atomic mass is 9.89. The molecule has 0 radical (unpaired) electrons. The average molecular weight is 449 g/mol. The summed E-state index contributed by atoms with van der Waals surface area (Å²) in [5.74, 6) is 0.127. The van der Waals surface area contributed by atoms with E-state index in [0.29, 0.717) is 44.2 Å². The van der Waals surface area contributed by atoms with Gasteiger partial charge in [-0.3, -0.25) is 9.59 Å². The number of nitrogens with zero attached hydrogens (tertiary/aromatic N) is 3. The van der Waals surface area contributed by atoms with Crippen LogP contribution < -0.4 is 5.32 Å². The molecule has 2 saturated heterocycles. The van der Waals surface area contributed by atoms with Crippen molar-refractivity contribution in [3.63, 3.8) is 0 Å². The number of ether oxygens (including phenoxy) is 1. The van der Waals surface area contributed by atoms with E-state index in [1.165, 1.54) is 0 Å². The Morgan fingerprint density at radius 1 is 1.09 bits per heavy atom. The van der Waals surface area contributed by atoms with Crippen LogP contribution in [0.4, 0.5) is 0 Å². The van der Waals surface area contributed by atoms with Crippen LogP contribution in [-0.2, 0) is 4.74 Å². The van der Waals surface area contributed by atoms with Crippen molar-refractivity contribution in [3.8, 4) is 0 Å². The van der Waals surface area contributed by atoms with Gasteiger partial charge in [0.05, 0.1) is 36.0 Å². The second-order valence-electron chi connectivity index (χ2n) is 8.79. The van der Waals surface area contributed by atoms with E-state index in [4.69, 9.17) is 4.74 Å². The maximum atomic E-state index is 12.9. The lowest BCUT2D eigenvalue weighted by Gasteiger charge is -2.32. The third-order valence-corrected chi connectivity index (χ3v) is 6.70. The molecule has 2 fully saturated rings. The van der Waals surface area contributed by atoms with Crippen LogP contribution in [0.15, 0.2) is 54.9 Å². The van der Waals surface area contributed by atoms with E-state index in [9.17, 15) is 14.7 Å². The molecule has 0 aliphatic carbocycles. The highest BCUT2D eigenvalue weighted by Gasteiger charge is 2.28. The number of carbonyl (C=O) groups excluding carboxylic acids is 2. The van der Waals surface area contributed by atoms with Gasteiger partial charge in [-0.1, -0.05) is 18.2 Å². The van der Waals surface area contributed by atoms with E-state index in [2.05, 4.69) is 10.4 Å². The van der Waals surface area contributed by atoms with Gasteiger partial charge in [0, 0.05) is 31.5 Å². The van der Waals surface area contributed by atoms with Crippen molar-refractivity contribution in [3.05, 3.63) is 71.5 Å². The van der Waals surface area contributed by atoms with Crippen LogP contribution in [0.5, 0.6) is 0 Å². The van der Waals surface area contributed by atoms with Crippen molar-refractivity contribution in [1.29, 1.82) is 0 Å². The SMILES string of the molecule is O=C(N[C@@H]1COCC[C@H]1O)c1cnn2ccc(C3CCN(C(=O)c4ccccc4)CC3)cc12. The monoisotopic (exact) mass is 448 g/mol. The van der Waals surface area contributed by atoms with E-state index in [1.807, 2.05) is 53.6 Å². The molecule has 8 nitrogen and oxygen atoms in total. The maximum absolute atomic E-state index is 12.9. The number of nitrogens with one attached hydrogen (secondary N) is 1. The van der Waals surface area contributed by atoms with Crippen molar-refractivity contribution in [2.75, 3.05) is 26.3 Å². The number of pyridine rings is 1. The molecule has 5 rings (SSSR count). The first-order valence-electron chi connectivity index (χ1n) is 11.5. The number of rotatable bonds is 4. The van der Waals surface area contributed by atoms with Crippen molar-refractivity contribution in [1.82, 2.24) is 19.8 Å². The first-order valence-corrected chi connectivity index (χ1v) is 11.5. The quantitative estimate of drug-likeness (QED) is 0.638. The smallest absolute Gasteiger partial charge is 0.255 e. The molecule has 0 unspecified atom stereocenters. The first-order chi connectivity index (χ1) is 16.1. The number of hydrogen-bond acceptors (Lipinski definition) is 5. The minimum atomic E-state index is -0.608. The summed E-state index contributed by atoms with van der Waals surface area (Å²) in [5.41, 5.74) is 3.08. The van der Waals surface area contributed by atoms with E-state index in [0.717, 1.165) is 29.5 Å². The Morgan fingerprint density at radius 2 is 1.88 bits per heavy atom. The fraction of sp³-hybridized carbons (Fsp3) is 0.400. The van der Waals surface area contributed by atoms with Gasteiger partial charge in [-0.15, -0.1) is 0 Å². The summed E-state index contributed by atoms with van der Waals surface area (Å²) in [6.07, 6.45) is 5.08. The van der Waals surface area contributed by atoms with Crippen LogP contribution in [0, 0.1) is 0 Å². The Morgan fingerprint density at radius 3 is 2.64 bits per heavy atom. The van der Waals surface area contributed by atoms with E-state index >= 15 is 0 Å². The van der Waals surface area contributed by atoms with E-state index in [1.54, 1.807) is 10.7 Å². The zero-order valence-corrected chi connectivity index (χ0v) is 18.4. The Kier molecular flexibility index (Phi) is 6.11. The number of likely N-dealkylation sites (tertiary alicyclic amines) is 1. The molecular formula is C25H28N4O4. The molecule has 0 bridgehead atoms. The van der Waals surface area contributed by atoms with E-state index in [-0.39, 0.29) is 11.8 Å². The maximum Gasteiger partial charge on any atom is 0.255 e. The molecule has 2 atom stereocenters. The van der Waals surface area contributed by atoms with Gasteiger partial charge >= 0.3 is 0 Å². The Hall–Kier alpha value is -3.23. The number of aliphatic hydroxyl groups is 1. The molecule has 172 valence electrons. The molecule has 2 N–H and O–H groups in total. The number of carbonyl (C=O) groups is 2. The van der Waals surface area contributed by atoms with Gasteiger partial charge < -0.3 is 20.1 Å². The normalized spacial score (nSPS) is 21.8. The van der Waals surface area contributed by atoms with Crippen molar-refractivity contribution >= 4 is 17.3 Å². The van der Waals surface area contributed by atoms with Crippen LogP contribution in [0.1, 0.15) is 51.5 Å². The minimum Gasteiger partial charge on any atom is -0.391 e. The largest absolute Gasteiger partial charge is 0.391 e. The predicted molar refractivity (Wildman–Crippen MR) is 122 cm³/mol. The zero-order chi connectivity index (χ0) is 22.8. The highest BCUT2D eigenvalue weighted by molar-refractivity contribution is 6.01. The van der Waals surface area contributed by atoms with Crippen LogP contribution >= 0.6 is 0 Å². The third kappa shape index (κ3) is 4.49.